The van der Waals surface area contributed by atoms with Crippen molar-refractivity contribution in [2.75, 3.05) is 6.61 Å². The molecule has 2 saturated heterocycles. The van der Waals surface area contributed by atoms with E-state index in [1.54, 1.807) is 11.8 Å². The van der Waals surface area contributed by atoms with Gasteiger partial charge in [0.15, 0.2) is 5.78 Å². The number of fused-ring (bicyclic) bond motifs is 2. The van der Waals surface area contributed by atoms with E-state index < -0.39 is 6.29 Å². The highest BCUT2D eigenvalue weighted by Gasteiger charge is 2.43. The van der Waals surface area contributed by atoms with Crippen molar-refractivity contribution < 1.29 is 14.3 Å². The SMILES string of the molecule is O=C1C[C@H](Sc2ccccc2)[C@@H]2CO[C@@H]1O2. The van der Waals surface area contributed by atoms with Crippen LogP contribution in [-0.4, -0.2) is 30.0 Å². The number of ether oxygens (including phenoxy) is 2. The normalized spacial score (nSPS) is 33.0. The lowest BCUT2D eigenvalue weighted by atomic mass is 10.1. The number of carbonyl (C=O) groups is 1. The van der Waals surface area contributed by atoms with Crippen molar-refractivity contribution in [3.05, 3.63) is 30.3 Å². The Morgan fingerprint density at radius 3 is 2.88 bits per heavy atom. The van der Waals surface area contributed by atoms with Gasteiger partial charge in [-0.2, -0.15) is 0 Å². The van der Waals surface area contributed by atoms with Crippen molar-refractivity contribution in [2.24, 2.45) is 0 Å². The molecule has 3 atom stereocenters. The molecule has 1 aromatic carbocycles. The number of Topliss-reactive ketones (excluding diaryl/α,β-unsaturated/α-hetero) is 1. The molecule has 16 heavy (non-hydrogen) atoms. The maximum atomic E-state index is 11.6. The summed E-state index contributed by atoms with van der Waals surface area (Å²) in [5, 5.41) is 0.189. The van der Waals surface area contributed by atoms with E-state index in [9.17, 15) is 4.79 Å². The monoisotopic (exact) mass is 236 g/mol. The lowest BCUT2D eigenvalue weighted by molar-refractivity contribution is -0.151. The zero-order valence-corrected chi connectivity index (χ0v) is 9.48. The molecule has 1 aromatic rings. The summed E-state index contributed by atoms with van der Waals surface area (Å²) in [5.41, 5.74) is 0. The van der Waals surface area contributed by atoms with Gasteiger partial charge in [-0.15, -0.1) is 11.8 Å². The average Bonchev–Trinajstić information content (AvgIpc) is 2.73. The van der Waals surface area contributed by atoms with E-state index in [0.717, 1.165) is 0 Å². The Labute approximate surface area is 98.1 Å². The molecule has 0 amide bonds. The van der Waals surface area contributed by atoms with Crippen LogP contribution in [0.5, 0.6) is 0 Å². The molecule has 0 spiro atoms. The van der Waals surface area contributed by atoms with E-state index in [0.29, 0.717) is 13.0 Å². The van der Waals surface area contributed by atoms with Gasteiger partial charge in [0.25, 0.3) is 0 Å². The van der Waals surface area contributed by atoms with Crippen LogP contribution in [0.1, 0.15) is 6.42 Å². The summed E-state index contributed by atoms with van der Waals surface area (Å²) in [5.74, 6) is 0.0715. The Morgan fingerprint density at radius 1 is 1.25 bits per heavy atom. The topological polar surface area (TPSA) is 35.5 Å². The third-order valence-electron chi connectivity index (χ3n) is 2.82. The third kappa shape index (κ3) is 1.88. The molecule has 3 rings (SSSR count). The van der Waals surface area contributed by atoms with E-state index in [1.807, 2.05) is 18.2 Å². The summed E-state index contributed by atoms with van der Waals surface area (Å²) in [4.78, 5) is 12.8. The van der Waals surface area contributed by atoms with Crippen LogP contribution in [0, 0.1) is 0 Å². The predicted molar refractivity (Wildman–Crippen MR) is 60.3 cm³/mol. The van der Waals surface area contributed by atoms with Crippen molar-refractivity contribution in [1.29, 1.82) is 0 Å². The molecular formula is C12H12O3S. The average molecular weight is 236 g/mol. The lowest BCUT2D eigenvalue weighted by Gasteiger charge is -2.25. The standard InChI is InChI=1S/C12H12O3S/c13-9-6-11(10-7-14-12(9)15-10)16-8-4-2-1-3-5-8/h1-5,10-12H,6-7H2/t10-,11-,12+/m0/s1. The van der Waals surface area contributed by atoms with E-state index in [2.05, 4.69) is 12.1 Å². The second kappa shape index (κ2) is 4.20. The predicted octanol–water partition coefficient (Wildman–Crippen LogP) is 1.86. The van der Waals surface area contributed by atoms with Crippen LogP contribution in [0.4, 0.5) is 0 Å². The Balaban J connectivity index is 1.73. The van der Waals surface area contributed by atoms with Crippen LogP contribution in [0.2, 0.25) is 0 Å². The lowest BCUT2D eigenvalue weighted by Crippen LogP contribution is -2.37. The first kappa shape index (κ1) is 10.3. The maximum absolute atomic E-state index is 11.6. The molecule has 2 heterocycles. The molecule has 2 bridgehead atoms. The zero-order valence-electron chi connectivity index (χ0n) is 8.67. The molecule has 2 aliphatic rings. The minimum absolute atomic E-state index is 0.0629. The van der Waals surface area contributed by atoms with Gasteiger partial charge < -0.3 is 9.47 Å². The van der Waals surface area contributed by atoms with Gasteiger partial charge in [-0.25, -0.2) is 0 Å². The minimum atomic E-state index is -0.586. The minimum Gasteiger partial charge on any atom is -0.343 e. The van der Waals surface area contributed by atoms with E-state index in [4.69, 9.17) is 9.47 Å². The fourth-order valence-electron chi connectivity index (χ4n) is 2.00. The first-order valence-corrected chi connectivity index (χ1v) is 6.22. The van der Waals surface area contributed by atoms with Gasteiger partial charge in [-0.05, 0) is 12.1 Å². The highest BCUT2D eigenvalue weighted by molar-refractivity contribution is 8.00. The van der Waals surface area contributed by atoms with Crippen LogP contribution in [-0.2, 0) is 14.3 Å². The summed E-state index contributed by atoms with van der Waals surface area (Å²) in [6.07, 6.45) is 0.0278. The second-order valence-electron chi connectivity index (χ2n) is 3.98. The van der Waals surface area contributed by atoms with Gasteiger partial charge >= 0.3 is 0 Å². The molecule has 0 saturated carbocycles. The number of ketones is 1. The van der Waals surface area contributed by atoms with Crippen molar-refractivity contribution in [1.82, 2.24) is 0 Å². The summed E-state index contributed by atoms with van der Waals surface area (Å²) in [6.45, 7) is 0.543. The van der Waals surface area contributed by atoms with Gasteiger partial charge in [0, 0.05) is 16.6 Å². The molecule has 2 fully saturated rings. The largest absolute Gasteiger partial charge is 0.343 e. The first-order chi connectivity index (χ1) is 7.83. The van der Waals surface area contributed by atoms with E-state index >= 15 is 0 Å². The van der Waals surface area contributed by atoms with Crippen molar-refractivity contribution >= 4 is 17.5 Å². The zero-order chi connectivity index (χ0) is 11.0. The van der Waals surface area contributed by atoms with E-state index in [1.165, 1.54) is 4.90 Å². The highest BCUT2D eigenvalue weighted by Crippen LogP contribution is 2.36. The van der Waals surface area contributed by atoms with Crippen molar-refractivity contribution in [3.63, 3.8) is 0 Å². The fourth-order valence-corrected chi connectivity index (χ4v) is 3.21. The van der Waals surface area contributed by atoms with Crippen LogP contribution in [0.25, 0.3) is 0 Å². The molecule has 84 valence electrons. The molecule has 2 aliphatic heterocycles. The molecule has 0 unspecified atom stereocenters. The van der Waals surface area contributed by atoms with Gasteiger partial charge in [-0.3, -0.25) is 4.79 Å². The number of thioether (sulfide) groups is 1. The molecule has 0 aliphatic carbocycles. The summed E-state index contributed by atoms with van der Waals surface area (Å²) < 4.78 is 10.8. The van der Waals surface area contributed by atoms with Gasteiger partial charge in [0.1, 0.15) is 0 Å². The van der Waals surface area contributed by atoms with Crippen LogP contribution in [0.3, 0.4) is 0 Å². The van der Waals surface area contributed by atoms with Crippen molar-refractivity contribution in [3.8, 4) is 0 Å². The number of hydrogen-bond acceptors (Lipinski definition) is 4. The Morgan fingerprint density at radius 2 is 2.06 bits per heavy atom. The Hall–Kier alpha value is -0.840. The van der Waals surface area contributed by atoms with E-state index in [-0.39, 0.29) is 17.1 Å². The number of rotatable bonds is 2. The third-order valence-corrected chi connectivity index (χ3v) is 4.14. The van der Waals surface area contributed by atoms with Crippen LogP contribution in [0.15, 0.2) is 35.2 Å². The maximum Gasteiger partial charge on any atom is 0.218 e. The Bertz CT molecular complexity index is 393. The molecule has 0 N–H and O–H groups in total. The first-order valence-electron chi connectivity index (χ1n) is 5.34. The highest BCUT2D eigenvalue weighted by atomic mass is 32.2. The smallest absolute Gasteiger partial charge is 0.218 e. The number of benzene rings is 1. The molecule has 3 nitrogen and oxygen atoms in total. The van der Waals surface area contributed by atoms with Gasteiger partial charge in [0.2, 0.25) is 6.29 Å². The molecule has 0 aromatic heterocycles. The molecule has 4 heteroatoms. The fraction of sp³-hybridized carbons (Fsp3) is 0.417. The number of carbonyl (C=O) groups excluding carboxylic acids is 1. The van der Waals surface area contributed by atoms with Crippen LogP contribution < -0.4 is 0 Å². The van der Waals surface area contributed by atoms with Gasteiger partial charge in [0.05, 0.1) is 12.7 Å². The summed E-state index contributed by atoms with van der Waals surface area (Å²) in [7, 11) is 0. The van der Waals surface area contributed by atoms with Gasteiger partial charge in [-0.1, -0.05) is 18.2 Å². The summed E-state index contributed by atoms with van der Waals surface area (Å²) in [6, 6.07) is 10.1. The van der Waals surface area contributed by atoms with Crippen LogP contribution >= 0.6 is 11.8 Å². The molecular weight excluding hydrogens is 224 g/mol. The van der Waals surface area contributed by atoms with Crippen molar-refractivity contribution in [2.45, 2.75) is 29.0 Å². The summed E-state index contributed by atoms with van der Waals surface area (Å²) >= 11 is 1.70. The Kier molecular flexibility index (Phi) is 2.71. The number of hydrogen-bond donors (Lipinski definition) is 0. The quantitative estimate of drug-likeness (QED) is 0.785. The molecule has 0 radical (unpaired) electrons. The second-order valence-corrected chi connectivity index (χ2v) is 5.29.